The van der Waals surface area contributed by atoms with Gasteiger partial charge in [-0.05, 0) is 42.5 Å². The van der Waals surface area contributed by atoms with Crippen molar-refractivity contribution in [3.63, 3.8) is 0 Å². The molecular weight excluding hydrogens is 548 g/mol. The molecule has 0 amide bonds. The van der Waals surface area contributed by atoms with E-state index in [4.69, 9.17) is 0 Å². The van der Waals surface area contributed by atoms with E-state index in [1.807, 2.05) is 26.0 Å². The number of hydrogen-bond acceptors (Lipinski definition) is 7. The number of benzene rings is 2. The SMILES string of the molecule is CCCC[S+]([O-])N[C@@H](CCO)c1cc(=O)n(C)cc1-c1cc(CS(=O)(=O)CC)ccc1C(=O)c1ccc(C)cc1. The van der Waals surface area contributed by atoms with Crippen molar-refractivity contribution in [2.75, 3.05) is 18.1 Å². The number of nitrogens with zero attached hydrogens (tertiary/aromatic N) is 1. The number of ketones is 1. The van der Waals surface area contributed by atoms with Gasteiger partial charge in [-0.15, -0.1) is 4.72 Å². The van der Waals surface area contributed by atoms with Crippen LogP contribution in [0.15, 0.2) is 59.5 Å². The maximum Gasteiger partial charge on any atom is 0.250 e. The summed E-state index contributed by atoms with van der Waals surface area (Å²) in [6.07, 6.45) is 3.41. The van der Waals surface area contributed by atoms with E-state index in [-0.39, 0.29) is 35.9 Å². The summed E-state index contributed by atoms with van der Waals surface area (Å²) in [5, 5.41) is 9.84. The summed E-state index contributed by atoms with van der Waals surface area (Å²) < 4.78 is 42.2. The second-order valence-corrected chi connectivity index (χ2v) is 13.6. The Hall–Kier alpha value is -2.76. The molecule has 8 nitrogen and oxygen atoms in total. The van der Waals surface area contributed by atoms with E-state index in [1.54, 1.807) is 50.5 Å². The van der Waals surface area contributed by atoms with Gasteiger partial charge < -0.3 is 14.2 Å². The monoisotopic (exact) mass is 586 g/mol. The third-order valence-corrected chi connectivity index (χ3v) is 9.63. The molecule has 0 bridgehead atoms. The third-order valence-electron chi connectivity index (χ3n) is 6.77. The molecule has 2 aromatic carbocycles. The number of aryl methyl sites for hydroxylation is 2. The molecule has 0 saturated heterocycles. The first-order chi connectivity index (χ1) is 19.0. The molecule has 3 rings (SSSR count). The predicted octanol–water partition coefficient (Wildman–Crippen LogP) is 4.00. The number of carbonyl (C=O) groups is 1. The Labute approximate surface area is 239 Å². The summed E-state index contributed by atoms with van der Waals surface area (Å²) in [5.41, 5.74) is 3.49. The number of nitrogens with one attached hydrogen (secondary N) is 1. The number of carbonyl (C=O) groups excluding carboxylic acids is 1. The lowest BCUT2D eigenvalue weighted by molar-refractivity contribution is 0.103. The molecule has 3 aromatic rings. The minimum Gasteiger partial charge on any atom is -0.598 e. The summed E-state index contributed by atoms with van der Waals surface area (Å²) in [6, 6.07) is 12.9. The highest BCUT2D eigenvalue weighted by Crippen LogP contribution is 2.34. The fourth-order valence-electron chi connectivity index (χ4n) is 4.38. The van der Waals surface area contributed by atoms with E-state index in [9.17, 15) is 27.7 Å². The molecule has 40 heavy (non-hydrogen) atoms. The maximum atomic E-state index is 13.8. The minimum absolute atomic E-state index is 0.0243. The first kappa shape index (κ1) is 31.8. The van der Waals surface area contributed by atoms with Crippen LogP contribution >= 0.6 is 0 Å². The number of aliphatic hydroxyl groups excluding tert-OH is 1. The van der Waals surface area contributed by atoms with Gasteiger partial charge in [0.05, 0.1) is 11.8 Å². The molecule has 1 unspecified atom stereocenters. The molecule has 216 valence electrons. The van der Waals surface area contributed by atoms with Gasteiger partial charge in [0.15, 0.2) is 15.6 Å². The summed E-state index contributed by atoms with van der Waals surface area (Å²) in [6.45, 7) is 5.29. The number of rotatable bonds is 14. The van der Waals surface area contributed by atoms with Crippen molar-refractivity contribution in [1.29, 1.82) is 0 Å². The summed E-state index contributed by atoms with van der Waals surface area (Å²) in [7, 11) is -1.77. The zero-order valence-electron chi connectivity index (χ0n) is 23.5. The lowest BCUT2D eigenvalue weighted by Gasteiger charge is -2.24. The quantitative estimate of drug-likeness (QED) is 0.216. The van der Waals surface area contributed by atoms with Crippen LogP contribution in [0.3, 0.4) is 0 Å². The molecule has 0 saturated carbocycles. The normalized spacial score (nSPS) is 13.2. The van der Waals surface area contributed by atoms with E-state index in [0.29, 0.717) is 39.1 Å². The van der Waals surface area contributed by atoms with Gasteiger partial charge in [-0.3, -0.25) is 9.59 Å². The molecule has 0 aliphatic heterocycles. The van der Waals surface area contributed by atoms with Crippen LogP contribution in [0.25, 0.3) is 11.1 Å². The molecule has 0 fully saturated rings. The second-order valence-electron chi connectivity index (χ2n) is 9.93. The van der Waals surface area contributed by atoms with Crippen molar-refractivity contribution in [2.24, 2.45) is 7.05 Å². The van der Waals surface area contributed by atoms with Gasteiger partial charge in [0.1, 0.15) is 5.75 Å². The molecule has 2 atom stereocenters. The van der Waals surface area contributed by atoms with Crippen molar-refractivity contribution in [3.05, 3.63) is 92.9 Å². The van der Waals surface area contributed by atoms with E-state index >= 15 is 0 Å². The van der Waals surface area contributed by atoms with Crippen LogP contribution in [0.5, 0.6) is 0 Å². The van der Waals surface area contributed by atoms with E-state index < -0.39 is 27.2 Å². The highest BCUT2D eigenvalue weighted by atomic mass is 32.2. The van der Waals surface area contributed by atoms with Crippen LogP contribution < -0.4 is 10.3 Å². The Morgan fingerprint density at radius 2 is 1.80 bits per heavy atom. The topological polar surface area (TPSA) is 129 Å². The Balaban J connectivity index is 2.26. The van der Waals surface area contributed by atoms with Gasteiger partial charge in [-0.2, -0.15) is 0 Å². The van der Waals surface area contributed by atoms with Crippen LogP contribution in [-0.2, 0) is 34.0 Å². The van der Waals surface area contributed by atoms with Crippen LogP contribution in [-0.4, -0.2) is 46.5 Å². The van der Waals surface area contributed by atoms with Crippen LogP contribution in [0, 0.1) is 6.92 Å². The van der Waals surface area contributed by atoms with Gasteiger partial charge in [-0.25, -0.2) is 8.42 Å². The highest BCUT2D eigenvalue weighted by molar-refractivity contribution is 7.90. The average molecular weight is 587 g/mol. The highest BCUT2D eigenvalue weighted by Gasteiger charge is 2.26. The largest absolute Gasteiger partial charge is 0.598 e. The fourth-order valence-corrected chi connectivity index (χ4v) is 6.50. The zero-order valence-corrected chi connectivity index (χ0v) is 25.1. The number of aliphatic hydroxyl groups is 1. The van der Waals surface area contributed by atoms with E-state index in [0.717, 1.165) is 18.4 Å². The van der Waals surface area contributed by atoms with Crippen molar-refractivity contribution in [3.8, 4) is 11.1 Å². The standard InChI is InChI=1S/C30H38N2O6S2/c1-5-7-16-39(36)31-28(14-15-33)26-18-29(34)32(4)19-27(26)25-17-22(20-40(37,38)6-2)10-13-24(25)30(35)23-11-8-21(3)9-12-23/h8-13,17-19,28,31,33H,5-7,14-16,20H2,1-4H3/t28-,39?/m0/s1. The van der Waals surface area contributed by atoms with Crippen molar-refractivity contribution >= 4 is 27.0 Å². The molecule has 1 aromatic heterocycles. The van der Waals surface area contributed by atoms with Gasteiger partial charge >= 0.3 is 0 Å². The Kier molecular flexibility index (Phi) is 11.3. The predicted molar refractivity (Wildman–Crippen MR) is 160 cm³/mol. The van der Waals surface area contributed by atoms with Gasteiger partial charge in [-0.1, -0.05) is 62.2 Å². The molecule has 0 spiro atoms. The van der Waals surface area contributed by atoms with Gasteiger partial charge in [0, 0.05) is 59.7 Å². The number of aromatic nitrogens is 1. The van der Waals surface area contributed by atoms with Crippen molar-refractivity contribution in [2.45, 2.75) is 51.8 Å². The van der Waals surface area contributed by atoms with Crippen LogP contribution in [0.2, 0.25) is 0 Å². The first-order valence-corrected chi connectivity index (χ1v) is 16.5. The maximum absolute atomic E-state index is 13.8. The first-order valence-electron chi connectivity index (χ1n) is 13.4. The van der Waals surface area contributed by atoms with Gasteiger partial charge in [0.25, 0.3) is 5.56 Å². The Morgan fingerprint density at radius 1 is 1.10 bits per heavy atom. The molecule has 0 radical (unpaired) electrons. The lowest BCUT2D eigenvalue weighted by Crippen LogP contribution is -2.33. The van der Waals surface area contributed by atoms with E-state index in [1.165, 1.54) is 10.6 Å². The summed E-state index contributed by atoms with van der Waals surface area (Å²) in [5.74, 6) is -0.0579. The summed E-state index contributed by atoms with van der Waals surface area (Å²) >= 11 is -1.41. The number of unbranched alkanes of at least 4 members (excludes halogenated alkanes) is 1. The molecule has 2 N–H and O–H groups in total. The second kappa shape index (κ2) is 14.2. The summed E-state index contributed by atoms with van der Waals surface area (Å²) in [4.78, 5) is 26.6. The Bertz CT molecular complexity index is 1480. The molecule has 0 aliphatic rings. The lowest BCUT2D eigenvalue weighted by atomic mass is 9.88. The number of pyridine rings is 1. The van der Waals surface area contributed by atoms with Gasteiger partial charge in [0.2, 0.25) is 0 Å². The molecule has 10 heteroatoms. The fraction of sp³-hybridized carbons (Fsp3) is 0.400. The number of hydrogen-bond donors (Lipinski definition) is 2. The zero-order chi connectivity index (χ0) is 29.4. The average Bonchev–Trinajstić information content (AvgIpc) is 2.92. The van der Waals surface area contributed by atoms with Crippen LogP contribution in [0.4, 0.5) is 0 Å². The smallest absolute Gasteiger partial charge is 0.250 e. The minimum atomic E-state index is -3.36. The molecule has 0 aliphatic carbocycles. The molecule has 1 heterocycles. The van der Waals surface area contributed by atoms with Crippen molar-refractivity contribution < 1.29 is 22.9 Å². The third kappa shape index (κ3) is 8.14. The number of sulfone groups is 1. The van der Waals surface area contributed by atoms with Crippen molar-refractivity contribution in [1.82, 2.24) is 9.29 Å². The Morgan fingerprint density at radius 3 is 2.42 bits per heavy atom. The van der Waals surface area contributed by atoms with Crippen LogP contribution in [0.1, 0.15) is 71.8 Å². The van der Waals surface area contributed by atoms with E-state index in [2.05, 4.69) is 4.72 Å². The molecular formula is C30H38N2O6S2.